The van der Waals surface area contributed by atoms with Crippen molar-refractivity contribution in [2.24, 2.45) is 0 Å². The Balaban J connectivity index is 1.46. The molecular weight excluding hydrogens is 342 g/mol. The number of hydrogen-bond donors (Lipinski definition) is 3. The molecule has 0 saturated carbocycles. The number of aromatic nitrogens is 3. The highest BCUT2D eigenvalue weighted by Crippen LogP contribution is 2.18. The van der Waals surface area contributed by atoms with Crippen LogP contribution in [0.5, 0.6) is 0 Å². The molecule has 3 heterocycles. The minimum atomic E-state index is -0.0214. The first-order valence-electron chi connectivity index (χ1n) is 8.98. The molecule has 1 saturated heterocycles. The fraction of sp³-hybridized carbons (Fsp3) is 0.316. The molecule has 140 valence electrons. The van der Waals surface area contributed by atoms with E-state index in [2.05, 4.69) is 30.8 Å². The van der Waals surface area contributed by atoms with Crippen molar-refractivity contribution >= 4 is 28.5 Å². The summed E-state index contributed by atoms with van der Waals surface area (Å²) in [6, 6.07) is 9.83. The van der Waals surface area contributed by atoms with Gasteiger partial charge >= 0.3 is 0 Å². The van der Waals surface area contributed by atoms with Crippen molar-refractivity contribution in [2.45, 2.75) is 13.5 Å². The molecular formula is C19H23N7O. The molecule has 4 rings (SSSR count). The number of piperazine rings is 1. The highest BCUT2D eigenvalue weighted by Gasteiger charge is 2.20. The van der Waals surface area contributed by atoms with Gasteiger partial charge in [0.2, 0.25) is 5.95 Å². The molecule has 8 nitrogen and oxygen atoms in total. The van der Waals surface area contributed by atoms with Crippen LogP contribution in [0, 0.1) is 6.92 Å². The number of fused-ring (bicyclic) bond motifs is 1. The summed E-state index contributed by atoms with van der Waals surface area (Å²) in [6.07, 6.45) is 0. The Morgan fingerprint density at radius 1 is 1.07 bits per heavy atom. The van der Waals surface area contributed by atoms with Crippen LogP contribution >= 0.6 is 0 Å². The van der Waals surface area contributed by atoms with Crippen molar-refractivity contribution in [2.75, 3.05) is 42.5 Å². The van der Waals surface area contributed by atoms with Gasteiger partial charge in [-0.25, -0.2) is 0 Å². The average molecular weight is 365 g/mol. The van der Waals surface area contributed by atoms with Crippen molar-refractivity contribution in [3.63, 3.8) is 0 Å². The minimum Gasteiger partial charge on any atom is -0.383 e. The quantitative estimate of drug-likeness (QED) is 0.636. The van der Waals surface area contributed by atoms with E-state index in [0.717, 1.165) is 54.0 Å². The molecule has 1 aromatic carbocycles. The zero-order chi connectivity index (χ0) is 19.0. The van der Waals surface area contributed by atoms with Gasteiger partial charge in [-0.1, -0.05) is 12.1 Å². The second kappa shape index (κ2) is 6.88. The van der Waals surface area contributed by atoms with Crippen LogP contribution in [-0.4, -0.2) is 46.0 Å². The summed E-state index contributed by atoms with van der Waals surface area (Å²) >= 11 is 0. The van der Waals surface area contributed by atoms with Gasteiger partial charge in [0.05, 0.1) is 0 Å². The second-order valence-electron chi connectivity index (χ2n) is 6.99. The SMILES string of the molecule is Cc1ccc2cc(CN3CCN(c4cc(N)nc(N)n4)CC3)c(=O)[nH]c2c1. The minimum absolute atomic E-state index is 0.0214. The molecule has 1 aliphatic heterocycles. The lowest BCUT2D eigenvalue weighted by molar-refractivity contribution is 0.248. The summed E-state index contributed by atoms with van der Waals surface area (Å²) in [5.74, 6) is 1.31. The van der Waals surface area contributed by atoms with E-state index in [4.69, 9.17) is 11.5 Å². The van der Waals surface area contributed by atoms with Gasteiger partial charge in [0.25, 0.3) is 5.56 Å². The lowest BCUT2D eigenvalue weighted by atomic mass is 10.1. The highest BCUT2D eigenvalue weighted by atomic mass is 16.1. The molecule has 0 unspecified atom stereocenters. The standard InChI is InChI=1S/C19H23N7O/c1-12-2-3-13-9-14(18(27)22-15(13)8-12)11-25-4-6-26(7-5-25)17-10-16(20)23-19(21)24-17/h2-3,8-10H,4-7,11H2,1H3,(H,22,27)(H4,20,21,23,24). The topological polar surface area (TPSA) is 117 Å². The van der Waals surface area contributed by atoms with E-state index in [1.54, 1.807) is 6.07 Å². The van der Waals surface area contributed by atoms with Crippen LogP contribution in [0.25, 0.3) is 10.9 Å². The van der Waals surface area contributed by atoms with Crippen LogP contribution in [0.15, 0.2) is 35.1 Å². The Hall–Kier alpha value is -3.13. The lowest BCUT2D eigenvalue weighted by Gasteiger charge is -2.35. The van der Waals surface area contributed by atoms with Gasteiger partial charge in [-0.2, -0.15) is 9.97 Å². The largest absolute Gasteiger partial charge is 0.383 e. The number of hydrogen-bond acceptors (Lipinski definition) is 7. The van der Waals surface area contributed by atoms with E-state index in [9.17, 15) is 4.79 Å². The Labute approximate surface area is 156 Å². The number of rotatable bonds is 3. The summed E-state index contributed by atoms with van der Waals surface area (Å²) in [5, 5.41) is 1.06. The smallest absolute Gasteiger partial charge is 0.252 e. The van der Waals surface area contributed by atoms with Crippen LogP contribution < -0.4 is 21.9 Å². The Morgan fingerprint density at radius 2 is 1.85 bits per heavy atom. The van der Waals surface area contributed by atoms with E-state index >= 15 is 0 Å². The van der Waals surface area contributed by atoms with E-state index < -0.39 is 0 Å². The predicted octanol–water partition coefficient (Wildman–Crippen LogP) is 1.11. The maximum atomic E-state index is 12.4. The monoisotopic (exact) mass is 365 g/mol. The van der Waals surface area contributed by atoms with E-state index in [1.165, 1.54) is 0 Å². The number of nitrogens with one attached hydrogen (secondary N) is 1. The van der Waals surface area contributed by atoms with E-state index in [0.29, 0.717) is 12.4 Å². The molecule has 0 bridgehead atoms. The van der Waals surface area contributed by atoms with Gasteiger partial charge in [-0.05, 0) is 30.0 Å². The summed E-state index contributed by atoms with van der Waals surface area (Å²) < 4.78 is 0. The first-order chi connectivity index (χ1) is 13.0. The molecule has 1 fully saturated rings. The first-order valence-corrected chi connectivity index (χ1v) is 8.98. The summed E-state index contributed by atoms with van der Waals surface area (Å²) in [5.41, 5.74) is 14.2. The van der Waals surface area contributed by atoms with Gasteiger partial charge < -0.3 is 21.4 Å². The van der Waals surface area contributed by atoms with Crippen molar-refractivity contribution in [1.82, 2.24) is 19.9 Å². The maximum Gasteiger partial charge on any atom is 0.252 e. The molecule has 0 amide bonds. The zero-order valence-corrected chi connectivity index (χ0v) is 15.3. The van der Waals surface area contributed by atoms with Crippen molar-refractivity contribution in [1.29, 1.82) is 0 Å². The molecule has 27 heavy (non-hydrogen) atoms. The lowest BCUT2D eigenvalue weighted by Crippen LogP contribution is -2.46. The third-order valence-electron chi connectivity index (χ3n) is 4.92. The number of anilines is 3. The number of H-pyrrole nitrogens is 1. The van der Waals surface area contributed by atoms with Crippen LogP contribution in [0.2, 0.25) is 0 Å². The predicted molar refractivity (Wildman–Crippen MR) is 108 cm³/mol. The van der Waals surface area contributed by atoms with Crippen LogP contribution in [0.4, 0.5) is 17.6 Å². The summed E-state index contributed by atoms with van der Waals surface area (Å²) in [4.78, 5) is 28.0. The van der Waals surface area contributed by atoms with Crippen molar-refractivity contribution in [3.05, 3.63) is 51.8 Å². The Kier molecular flexibility index (Phi) is 4.41. The molecule has 0 aliphatic carbocycles. The molecule has 3 aromatic rings. The third-order valence-corrected chi connectivity index (χ3v) is 4.92. The molecule has 0 atom stereocenters. The van der Waals surface area contributed by atoms with Crippen molar-refractivity contribution in [3.8, 4) is 0 Å². The fourth-order valence-corrected chi connectivity index (χ4v) is 3.49. The number of nitrogens with zero attached hydrogens (tertiary/aromatic N) is 4. The van der Waals surface area contributed by atoms with Gasteiger partial charge in [0.15, 0.2) is 0 Å². The molecule has 0 spiro atoms. The average Bonchev–Trinajstić information content (AvgIpc) is 2.62. The van der Waals surface area contributed by atoms with Crippen molar-refractivity contribution < 1.29 is 0 Å². The highest BCUT2D eigenvalue weighted by molar-refractivity contribution is 5.79. The number of aromatic amines is 1. The van der Waals surface area contributed by atoms with E-state index in [1.807, 2.05) is 25.1 Å². The van der Waals surface area contributed by atoms with Crippen LogP contribution in [0.1, 0.15) is 11.1 Å². The summed E-state index contributed by atoms with van der Waals surface area (Å²) in [6.45, 7) is 5.89. The number of nitrogens with two attached hydrogens (primary N) is 2. The number of aryl methyl sites for hydroxylation is 1. The molecule has 0 radical (unpaired) electrons. The fourth-order valence-electron chi connectivity index (χ4n) is 3.49. The van der Waals surface area contributed by atoms with E-state index in [-0.39, 0.29) is 11.5 Å². The van der Waals surface area contributed by atoms with Gasteiger partial charge in [-0.15, -0.1) is 0 Å². The second-order valence-corrected chi connectivity index (χ2v) is 6.99. The van der Waals surface area contributed by atoms with Gasteiger partial charge in [0, 0.05) is 49.9 Å². The number of nitrogen functional groups attached to an aromatic ring is 2. The Bertz CT molecular complexity index is 1020. The number of benzene rings is 1. The maximum absolute atomic E-state index is 12.4. The number of pyridine rings is 1. The van der Waals surface area contributed by atoms with Gasteiger partial charge in [0.1, 0.15) is 11.6 Å². The first kappa shape index (κ1) is 17.3. The molecule has 8 heteroatoms. The zero-order valence-electron chi connectivity index (χ0n) is 15.3. The Morgan fingerprint density at radius 3 is 2.59 bits per heavy atom. The van der Waals surface area contributed by atoms with Crippen LogP contribution in [-0.2, 0) is 6.54 Å². The van der Waals surface area contributed by atoms with Gasteiger partial charge in [-0.3, -0.25) is 9.69 Å². The molecule has 1 aliphatic rings. The molecule has 2 aromatic heterocycles. The summed E-state index contributed by atoms with van der Waals surface area (Å²) in [7, 11) is 0. The normalized spacial score (nSPS) is 15.4. The molecule has 5 N–H and O–H groups in total. The van der Waals surface area contributed by atoms with Crippen LogP contribution in [0.3, 0.4) is 0 Å². The third kappa shape index (κ3) is 3.70.